The van der Waals surface area contributed by atoms with Crippen LogP contribution in [0.25, 0.3) is 10.2 Å². The number of pyridine rings is 1. The number of carbonyl (C=O) groups excluding carboxylic acids is 1. The summed E-state index contributed by atoms with van der Waals surface area (Å²) in [7, 11) is 0. The van der Waals surface area contributed by atoms with Crippen molar-refractivity contribution in [3.8, 4) is 0 Å². The van der Waals surface area contributed by atoms with Gasteiger partial charge in [0, 0.05) is 12.4 Å². The molecule has 0 spiro atoms. The maximum absolute atomic E-state index is 13.4. The molecule has 30 heavy (non-hydrogen) atoms. The number of amides is 1. The minimum Gasteiger partial charge on any atom is -0.283 e. The van der Waals surface area contributed by atoms with Crippen LogP contribution in [0.4, 0.5) is 5.13 Å². The number of thiazole rings is 1. The highest BCUT2D eigenvalue weighted by atomic mass is 32.1. The van der Waals surface area contributed by atoms with Gasteiger partial charge in [-0.25, -0.2) is 4.98 Å². The van der Waals surface area contributed by atoms with Crippen LogP contribution in [0.1, 0.15) is 34.7 Å². The molecule has 5 heteroatoms. The van der Waals surface area contributed by atoms with Crippen LogP contribution in [-0.2, 0) is 24.2 Å². The van der Waals surface area contributed by atoms with Gasteiger partial charge in [-0.15, -0.1) is 0 Å². The predicted octanol–water partition coefficient (Wildman–Crippen LogP) is 5.65. The second-order valence-electron chi connectivity index (χ2n) is 7.61. The van der Waals surface area contributed by atoms with E-state index < -0.39 is 0 Å². The summed E-state index contributed by atoms with van der Waals surface area (Å²) in [4.78, 5) is 24.2. The van der Waals surface area contributed by atoms with Gasteiger partial charge in [0.15, 0.2) is 5.13 Å². The van der Waals surface area contributed by atoms with E-state index in [1.165, 1.54) is 16.7 Å². The molecule has 0 atom stereocenters. The fourth-order valence-electron chi connectivity index (χ4n) is 3.58. The van der Waals surface area contributed by atoms with E-state index in [1.54, 1.807) is 28.6 Å². The van der Waals surface area contributed by atoms with E-state index in [0.717, 1.165) is 32.9 Å². The lowest BCUT2D eigenvalue weighted by molar-refractivity contribution is -0.118. The molecule has 0 saturated heterocycles. The van der Waals surface area contributed by atoms with Gasteiger partial charge in [-0.2, -0.15) is 0 Å². The molecule has 1 amide bonds. The molecule has 2 aromatic heterocycles. The summed E-state index contributed by atoms with van der Waals surface area (Å²) in [6.45, 7) is 6.76. The maximum Gasteiger partial charge on any atom is 0.233 e. The van der Waals surface area contributed by atoms with Crippen LogP contribution in [0, 0.1) is 13.8 Å². The van der Waals surface area contributed by atoms with Crippen LogP contribution in [0.2, 0.25) is 0 Å². The summed E-state index contributed by atoms with van der Waals surface area (Å²) in [6.07, 6.45) is 4.89. The summed E-state index contributed by atoms with van der Waals surface area (Å²) in [5.74, 6) is 0.0385. The molecule has 4 nitrogen and oxygen atoms in total. The maximum atomic E-state index is 13.4. The van der Waals surface area contributed by atoms with Crippen LogP contribution < -0.4 is 4.90 Å². The second kappa shape index (κ2) is 8.76. The average molecular weight is 416 g/mol. The van der Waals surface area contributed by atoms with E-state index in [0.29, 0.717) is 13.0 Å². The zero-order valence-electron chi connectivity index (χ0n) is 17.6. The van der Waals surface area contributed by atoms with Crippen molar-refractivity contribution in [1.82, 2.24) is 9.97 Å². The number of aromatic nitrogens is 2. The quantitative estimate of drug-likeness (QED) is 0.409. The normalized spacial score (nSPS) is 11.0. The van der Waals surface area contributed by atoms with Crippen LogP contribution in [-0.4, -0.2) is 15.9 Å². The number of hydrogen-bond acceptors (Lipinski definition) is 4. The highest BCUT2D eigenvalue weighted by Crippen LogP contribution is 2.33. The van der Waals surface area contributed by atoms with Gasteiger partial charge in [0.2, 0.25) is 5.91 Å². The summed E-state index contributed by atoms with van der Waals surface area (Å²) in [5, 5.41) is 0.734. The van der Waals surface area contributed by atoms with Gasteiger partial charge in [0.1, 0.15) is 0 Å². The third-order valence-electron chi connectivity index (χ3n) is 5.19. The lowest BCUT2D eigenvalue weighted by Gasteiger charge is -2.20. The van der Waals surface area contributed by atoms with Crippen molar-refractivity contribution in [1.29, 1.82) is 0 Å². The highest BCUT2D eigenvalue weighted by molar-refractivity contribution is 7.22. The minimum atomic E-state index is 0.0385. The molecule has 2 heterocycles. The lowest BCUT2D eigenvalue weighted by Crippen LogP contribution is -2.31. The Balaban J connectivity index is 1.68. The Morgan fingerprint density at radius 2 is 1.80 bits per heavy atom. The van der Waals surface area contributed by atoms with E-state index >= 15 is 0 Å². The fourth-order valence-corrected chi connectivity index (χ4v) is 4.61. The molecule has 4 rings (SSSR count). The van der Waals surface area contributed by atoms with Gasteiger partial charge in [-0.05, 0) is 60.2 Å². The summed E-state index contributed by atoms with van der Waals surface area (Å²) < 4.78 is 1.13. The Bertz CT molecular complexity index is 1170. The van der Waals surface area contributed by atoms with Crippen LogP contribution in [0.15, 0.2) is 60.9 Å². The van der Waals surface area contributed by atoms with Gasteiger partial charge in [-0.1, -0.05) is 54.7 Å². The summed E-state index contributed by atoms with van der Waals surface area (Å²) in [5.41, 5.74) is 6.59. The number of aryl methyl sites for hydroxylation is 3. The van der Waals surface area contributed by atoms with E-state index in [2.05, 4.69) is 50.0 Å². The molecule has 0 fully saturated rings. The van der Waals surface area contributed by atoms with E-state index in [1.807, 2.05) is 24.3 Å². The Hall–Kier alpha value is -3.05. The SMILES string of the molecule is CCc1ccc(CC(=O)N(Cc2cccnc2)c2nc3cc(C)cc(C)c3s2)cc1. The van der Waals surface area contributed by atoms with Crippen molar-refractivity contribution in [2.45, 2.75) is 40.2 Å². The molecular formula is C25H25N3OS. The van der Waals surface area contributed by atoms with Gasteiger partial charge in [0.05, 0.1) is 23.2 Å². The standard InChI is InChI=1S/C25H25N3OS/c1-4-19-7-9-20(10-8-19)14-23(29)28(16-21-6-5-11-26-15-21)25-27-22-13-17(2)12-18(3)24(22)30-25/h5-13,15H,4,14,16H2,1-3H3. The van der Waals surface area contributed by atoms with Crippen LogP contribution in [0.5, 0.6) is 0 Å². The van der Waals surface area contributed by atoms with Gasteiger partial charge < -0.3 is 0 Å². The number of anilines is 1. The number of carbonyl (C=O) groups is 1. The van der Waals surface area contributed by atoms with Crippen molar-refractivity contribution in [2.24, 2.45) is 0 Å². The molecule has 152 valence electrons. The van der Waals surface area contributed by atoms with Crippen LogP contribution in [0.3, 0.4) is 0 Å². The molecule has 4 aromatic rings. The number of benzene rings is 2. The number of fused-ring (bicyclic) bond motifs is 1. The molecule has 0 aliphatic heterocycles. The van der Waals surface area contributed by atoms with Crippen molar-refractivity contribution in [3.63, 3.8) is 0 Å². The first-order valence-corrected chi connectivity index (χ1v) is 11.0. The zero-order valence-corrected chi connectivity index (χ0v) is 18.4. The molecular weight excluding hydrogens is 390 g/mol. The van der Waals surface area contributed by atoms with E-state index in [4.69, 9.17) is 4.98 Å². The van der Waals surface area contributed by atoms with Crippen molar-refractivity contribution in [3.05, 3.63) is 88.7 Å². The predicted molar refractivity (Wildman–Crippen MR) is 124 cm³/mol. The Kier molecular flexibility index (Phi) is 5.91. The lowest BCUT2D eigenvalue weighted by atomic mass is 10.1. The number of nitrogens with zero attached hydrogens (tertiary/aromatic N) is 3. The molecule has 0 unspecified atom stereocenters. The molecule has 2 aromatic carbocycles. The zero-order chi connectivity index (χ0) is 21.1. The fraction of sp³-hybridized carbons (Fsp3) is 0.240. The summed E-state index contributed by atoms with van der Waals surface area (Å²) >= 11 is 1.58. The topological polar surface area (TPSA) is 46.1 Å². The van der Waals surface area contributed by atoms with Gasteiger partial charge in [-0.3, -0.25) is 14.7 Å². The van der Waals surface area contributed by atoms with Crippen molar-refractivity contribution >= 4 is 32.6 Å². The molecule has 0 radical (unpaired) electrons. The molecule has 0 aliphatic carbocycles. The van der Waals surface area contributed by atoms with Crippen molar-refractivity contribution < 1.29 is 4.79 Å². The monoisotopic (exact) mass is 415 g/mol. The van der Waals surface area contributed by atoms with Crippen LogP contribution >= 0.6 is 11.3 Å². The average Bonchev–Trinajstić information content (AvgIpc) is 3.17. The Labute approximate surface area is 181 Å². The first-order chi connectivity index (χ1) is 14.5. The second-order valence-corrected chi connectivity index (χ2v) is 8.59. The Morgan fingerprint density at radius 3 is 2.50 bits per heavy atom. The third kappa shape index (κ3) is 4.41. The molecule has 0 saturated carbocycles. The first kappa shape index (κ1) is 20.2. The molecule has 0 aliphatic rings. The van der Waals surface area contributed by atoms with Gasteiger partial charge in [0.25, 0.3) is 0 Å². The molecule has 0 N–H and O–H groups in total. The third-order valence-corrected chi connectivity index (χ3v) is 6.42. The van der Waals surface area contributed by atoms with E-state index in [-0.39, 0.29) is 5.91 Å². The molecule has 0 bridgehead atoms. The first-order valence-electron chi connectivity index (χ1n) is 10.2. The highest BCUT2D eigenvalue weighted by Gasteiger charge is 2.21. The smallest absolute Gasteiger partial charge is 0.233 e. The van der Waals surface area contributed by atoms with Gasteiger partial charge >= 0.3 is 0 Å². The van der Waals surface area contributed by atoms with Crippen molar-refractivity contribution in [2.75, 3.05) is 4.90 Å². The minimum absolute atomic E-state index is 0.0385. The number of rotatable bonds is 6. The van der Waals surface area contributed by atoms with E-state index in [9.17, 15) is 4.79 Å². The Morgan fingerprint density at radius 1 is 1.03 bits per heavy atom. The number of hydrogen-bond donors (Lipinski definition) is 0. The largest absolute Gasteiger partial charge is 0.283 e. The summed E-state index contributed by atoms with van der Waals surface area (Å²) in [6, 6.07) is 16.4.